The number of hydrogen-bond acceptors (Lipinski definition) is 5. The first-order chi connectivity index (χ1) is 12.2. The number of methoxy groups -OCH3 is 2. The first kappa shape index (κ1) is 17.4. The van der Waals surface area contributed by atoms with Crippen molar-refractivity contribution in [3.8, 4) is 11.3 Å². The monoisotopic (exact) mass is 341 g/mol. The minimum absolute atomic E-state index is 0.0146. The number of nitrogens with zero attached hydrogens (tertiary/aromatic N) is 2. The van der Waals surface area contributed by atoms with E-state index in [4.69, 9.17) is 15.2 Å². The van der Waals surface area contributed by atoms with E-state index in [1.165, 1.54) is 0 Å². The smallest absolute Gasteiger partial charge is 0.256 e. The molecule has 0 unspecified atom stereocenters. The number of amides is 1. The van der Waals surface area contributed by atoms with E-state index in [1.54, 1.807) is 31.4 Å². The van der Waals surface area contributed by atoms with Crippen molar-refractivity contribution in [2.45, 2.75) is 18.6 Å². The largest absolute Gasteiger partial charge is 0.396 e. The molecule has 2 atom stereocenters. The lowest BCUT2D eigenvalue weighted by atomic mass is 10.1. The van der Waals surface area contributed by atoms with Gasteiger partial charge in [-0.25, -0.2) is 0 Å². The number of benzene rings is 1. The van der Waals surface area contributed by atoms with Crippen molar-refractivity contribution in [3.63, 3.8) is 0 Å². The third-order valence-corrected chi connectivity index (χ3v) is 4.60. The topological polar surface area (TPSA) is 77.7 Å². The predicted octanol–water partition coefficient (Wildman–Crippen LogP) is 2.21. The summed E-state index contributed by atoms with van der Waals surface area (Å²) < 4.78 is 10.7. The Labute approximate surface area is 147 Å². The van der Waals surface area contributed by atoms with Crippen LogP contribution in [0.2, 0.25) is 0 Å². The van der Waals surface area contributed by atoms with Crippen molar-refractivity contribution in [1.29, 1.82) is 0 Å². The lowest BCUT2D eigenvalue weighted by molar-refractivity contribution is 0.0613. The number of ether oxygens (including phenoxy) is 2. The van der Waals surface area contributed by atoms with Crippen molar-refractivity contribution in [2.75, 3.05) is 33.1 Å². The second-order valence-corrected chi connectivity index (χ2v) is 6.15. The van der Waals surface area contributed by atoms with E-state index in [0.29, 0.717) is 30.1 Å². The molecule has 0 spiro atoms. The van der Waals surface area contributed by atoms with Crippen LogP contribution in [0, 0.1) is 0 Å². The van der Waals surface area contributed by atoms with Gasteiger partial charge in [0, 0.05) is 32.5 Å². The van der Waals surface area contributed by atoms with Crippen LogP contribution in [0.15, 0.2) is 42.6 Å². The van der Waals surface area contributed by atoms with E-state index in [0.717, 1.165) is 12.0 Å². The third-order valence-electron chi connectivity index (χ3n) is 4.60. The summed E-state index contributed by atoms with van der Waals surface area (Å²) >= 11 is 0. The average molecular weight is 341 g/mol. The maximum atomic E-state index is 13.1. The summed E-state index contributed by atoms with van der Waals surface area (Å²) in [7, 11) is 3.30. The van der Waals surface area contributed by atoms with Crippen molar-refractivity contribution in [3.05, 3.63) is 48.2 Å². The summed E-state index contributed by atoms with van der Waals surface area (Å²) in [6, 6.07) is 11.3. The van der Waals surface area contributed by atoms with Gasteiger partial charge in [-0.1, -0.05) is 30.3 Å². The van der Waals surface area contributed by atoms with Crippen LogP contribution in [-0.2, 0) is 9.47 Å². The molecule has 2 heterocycles. The molecular weight excluding hydrogens is 318 g/mol. The van der Waals surface area contributed by atoms with Gasteiger partial charge in [0.05, 0.1) is 35.7 Å². The molecule has 2 aromatic rings. The molecular formula is C19H23N3O3. The zero-order valence-electron chi connectivity index (χ0n) is 14.5. The number of nitrogen functional groups attached to an aromatic ring is 1. The lowest BCUT2D eigenvalue weighted by Crippen LogP contribution is -2.38. The minimum Gasteiger partial charge on any atom is -0.396 e. The van der Waals surface area contributed by atoms with Crippen LogP contribution in [0.1, 0.15) is 16.8 Å². The first-order valence-corrected chi connectivity index (χ1v) is 8.28. The van der Waals surface area contributed by atoms with Crippen LogP contribution in [-0.4, -0.2) is 55.3 Å². The highest BCUT2D eigenvalue weighted by molar-refractivity contribution is 6.02. The number of likely N-dealkylation sites (tertiary alicyclic amines) is 1. The van der Waals surface area contributed by atoms with Crippen molar-refractivity contribution >= 4 is 11.6 Å². The van der Waals surface area contributed by atoms with Crippen LogP contribution in [0.25, 0.3) is 11.3 Å². The molecule has 6 nitrogen and oxygen atoms in total. The van der Waals surface area contributed by atoms with Gasteiger partial charge < -0.3 is 20.1 Å². The molecule has 1 aliphatic heterocycles. The molecule has 0 saturated carbocycles. The van der Waals surface area contributed by atoms with Gasteiger partial charge in [-0.3, -0.25) is 9.78 Å². The highest BCUT2D eigenvalue weighted by atomic mass is 16.5. The maximum Gasteiger partial charge on any atom is 0.256 e. The van der Waals surface area contributed by atoms with Crippen LogP contribution in [0.3, 0.4) is 0 Å². The Bertz CT molecular complexity index is 736. The predicted molar refractivity (Wildman–Crippen MR) is 96.2 cm³/mol. The number of aromatic nitrogens is 1. The molecule has 0 radical (unpaired) electrons. The quantitative estimate of drug-likeness (QED) is 0.902. The van der Waals surface area contributed by atoms with E-state index in [1.807, 2.05) is 30.3 Å². The SMILES string of the molecule is COC[C@@H]1C[C@H](OC)CN1C(=O)c1ccnc(-c2ccccc2)c1N. The van der Waals surface area contributed by atoms with E-state index in [-0.39, 0.29) is 18.1 Å². The summed E-state index contributed by atoms with van der Waals surface area (Å²) in [5.74, 6) is -0.112. The van der Waals surface area contributed by atoms with E-state index < -0.39 is 0 Å². The summed E-state index contributed by atoms with van der Waals surface area (Å²) in [6.07, 6.45) is 2.40. The van der Waals surface area contributed by atoms with Gasteiger partial charge in [-0.2, -0.15) is 0 Å². The molecule has 1 fully saturated rings. The maximum absolute atomic E-state index is 13.1. The fraction of sp³-hybridized carbons (Fsp3) is 0.368. The Morgan fingerprint density at radius 2 is 2.04 bits per heavy atom. The van der Waals surface area contributed by atoms with E-state index >= 15 is 0 Å². The normalized spacial score (nSPS) is 20.0. The molecule has 1 aromatic carbocycles. The zero-order chi connectivity index (χ0) is 17.8. The zero-order valence-corrected chi connectivity index (χ0v) is 14.5. The van der Waals surface area contributed by atoms with Crippen LogP contribution >= 0.6 is 0 Å². The van der Waals surface area contributed by atoms with Gasteiger partial charge in [-0.15, -0.1) is 0 Å². The molecule has 1 saturated heterocycles. The molecule has 0 aliphatic carbocycles. The number of anilines is 1. The van der Waals surface area contributed by atoms with Crippen LogP contribution in [0.5, 0.6) is 0 Å². The van der Waals surface area contributed by atoms with E-state index in [2.05, 4.69) is 4.98 Å². The molecule has 1 aliphatic rings. The number of pyridine rings is 1. The number of carbonyl (C=O) groups is 1. The van der Waals surface area contributed by atoms with Gasteiger partial charge in [0.1, 0.15) is 0 Å². The second kappa shape index (κ2) is 7.63. The molecule has 132 valence electrons. The summed E-state index contributed by atoms with van der Waals surface area (Å²) in [5.41, 5.74) is 8.67. The summed E-state index contributed by atoms with van der Waals surface area (Å²) in [6.45, 7) is 1.01. The average Bonchev–Trinajstić information content (AvgIpc) is 3.05. The number of carbonyl (C=O) groups excluding carboxylic acids is 1. The first-order valence-electron chi connectivity index (χ1n) is 8.28. The van der Waals surface area contributed by atoms with Gasteiger partial charge in [-0.05, 0) is 12.5 Å². The molecule has 6 heteroatoms. The van der Waals surface area contributed by atoms with Gasteiger partial charge >= 0.3 is 0 Å². The molecule has 2 N–H and O–H groups in total. The summed E-state index contributed by atoms with van der Waals surface area (Å²) in [5, 5.41) is 0. The number of rotatable bonds is 5. The Hall–Kier alpha value is -2.44. The Balaban J connectivity index is 1.92. The Kier molecular flexibility index (Phi) is 5.31. The highest BCUT2D eigenvalue weighted by Gasteiger charge is 2.36. The van der Waals surface area contributed by atoms with Crippen molar-refractivity contribution < 1.29 is 14.3 Å². The molecule has 3 rings (SSSR count). The Morgan fingerprint density at radius 3 is 2.72 bits per heavy atom. The van der Waals surface area contributed by atoms with E-state index in [9.17, 15) is 4.79 Å². The fourth-order valence-electron chi connectivity index (χ4n) is 3.28. The summed E-state index contributed by atoms with van der Waals surface area (Å²) in [4.78, 5) is 19.3. The van der Waals surface area contributed by atoms with Gasteiger partial charge in [0.25, 0.3) is 5.91 Å². The molecule has 0 bridgehead atoms. The lowest BCUT2D eigenvalue weighted by Gasteiger charge is -2.24. The van der Waals surface area contributed by atoms with Crippen LogP contribution < -0.4 is 5.73 Å². The second-order valence-electron chi connectivity index (χ2n) is 6.15. The standard InChI is InChI=1S/C19H23N3O3/c1-24-12-14-10-15(25-2)11-22(14)19(23)16-8-9-21-18(17(16)20)13-6-4-3-5-7-13/h3-9,14-15H,10-12,20H2,1-2H3/t14-,15-/m0/s1. The third kappa shape index (κ3) is 3.50. The molecule has 25 heavy (non-hydrogen) atoms. The number of hydrogen-bond donors (Lipinski definition) is 1. The van der Waals surface area contributed by atoms with Gasteiger partial charge in [0.15, 0.2) is 0 Å². The van der Waals surface area contributed by atoms with Crippen molar-refractivity contribution in [1.82, 2.24) is 9.88 Å². The Morgan fingerprint density at radius 1 is 1.28 bits per heavy atom. The van der Waals surface area contributed by atoms with Gasteiger partial charge in [0.2, 0.25) is 0 Å². The minimum atomic E-state index is -0.112. The number of nitrogens with two attached hydrogens (primary N) is 1. The van der Waals surface area contributed by atoms with Crippen LogP contribution in [0.4, 0.5) is 5.69 Å². The van der Waals surface area contributed by atoms with Crippen molar-refractivity contribution in [2.24, 2.45) is 0 Å². The molecule has 1 aromatic heterocycles. The fourth-order valence-corrected chi connectivity index (χ4v) is 3.28. The molecule has 1 amide bonds. The highest BCUT2D eigenvalue weighted by Crippen LogP contribution is 2.29.